The van der Waals surface area contributed by atoms with Crippen molar-refractivity contribution in [1.29, 1.82) is 0 Å². The third-order valence-electron chi connectivity index (χ3n) is 2.56. The SMILES string of the molecule is O=C(/C=C\c1ccc(Cl)c(Cl)c1)Nc1ccc(Br)cc1Br. The highest BCUT2D eigenvalue weighted by molar-refractivity contribution is 9.11. The second-order valence-corrected chi connectivity index (χ2v) is 6.70. The van der Waals surface area contributed by atoms with E-state index in [1.54, 1.807) is 30.3 Å². The average Bonchev–Trinajstić information content (AvgIpc) is 2.43. The lowest BCUT2D eigenvalue weighted by Crippen LogP contribution is -2.08. The van der Waals surface area contributed by atoms with Crippen molar-refractivity contribution in [2.45, 2.75) is 0 Å². The van der Waals surface area contributed by atoms with Crippen LogP contribution in [-0.2, 0) is 4.79 Å². The van der Waals surface area contributed by atoms with Crippen LogP contribution in [0.4, 0.5) is 5.69 Å². The number of rotatable bonds is 3. The molecular weight excluding hydrogens is 441 g/mol. The molecule has 0 atom stereocenters. The molecule has 0 saturated heterocycles. The zero-order chi connectivity index (χ0) is 15.4. The Bertz CT molecular complexity index is 717. The third kappa shape index (κ3) is 4.85. The molecule has 0 aliphatic rings. The average molecular weight is 450 g/mol. The largest absolute Gasteiger partial charge is 0.321 e. The van der Waals surface area contributed by atoms with E-state index < -0.39 is 0 Å². The Hall–Kier alpha value is -0.810. The first-order valence-electron chi connectivity index (χ1n) is 5.85. The zero-order valence-corrected chi connectivity index (χ0v) is 15.2. The molecule has 6 heteroatoms. The van der Waals surface area contributed by atoms with Gasteiger partial charge in [-0.2, -0.15) is 0 Å². The van der Waals surface area contributed by atoms with E-state index in [1.807, 2.05) is 12.1 Å². The van der Waals surface area contributed by atoms with Crippen LogP contribution < -0.4 is 5.32 Å². The highest BCUT2D eigenvalue weighted by Crippen LogP contribution is 2.26. The minimum atomic E-state index is -0.232. The van der Waals surface area contributed by atoms with Gasteiger partial charge in [-0.15, -0.1) is 0 Å². The first-order chi connectivity index (χ1) is 9.95. The molecule has 0 bridgehead atoms. The number of amides is 1. The Balaban J connectivity index is 2.07. The molecular formula is C15H9Br2Cl2NO. The van der Waals surface area contributed by atoms with E-state index in [0.29, 0.717) is 15.7 Å². The number of anilines is 1. The van der Waals surface area contributed by atoms with Gasteiger partial charge >= 0.3 is 0 Å². The van der Waals surface area contributed by atoms with Gasteiger partial charge in [0.25, 0.3) is 0 Å². The summed E-state index contributed by atoms with van der Waals surface area (Å²) in [6.45, 7) is 0. The van der Waals surface area contributed by atoms with E-state index in [-0.39, 0.29) is 5.91 Å². The quantitative estimate of drug-likeness (QED) is 0.558. The molecule has 0 aliphatic heterocycles. The van der Waals surface area contributed by atoms with Gasteiger partial charge in [0, 0.05) is 15.0 Å². The Morgan fingerprint density at radius 2 is 1.81 bits per heavy atom. The summed E-state index contributed by atoms with van der Waals surface area (Å²) in [6, 6.07) is 10.7. The van der Waals surface area contributed by atoms with E-state index in [0.717, 1.165) is 14.5 Å². The maximum absolute atomic E-state index is 11.9. The topological polar surface area (TPSA) is 29.1 Å². The summed E-state index contributed by atoms with van der Waals surface area (Å²) in [7, 11) is 0. The second kappa shape index (κ2) is 7.45. The minimum Gasteiger partial charge on any atom is -0.321 e. The molecule has 108 valence electrons. The number of hydrogen-bond donors (Lipinski definition) is 1. The lowest BCUT2D eigenvalue weighted by atomic mass is 10.2. The lowest BCUT2D eigenvalue weighted by molar-refractivity contribution is -0.111. The number of carbonyl (C=O) groups excluding carboxylic acids is 1. The van der Waals surface area contributed by atoms with Gasteiger partial charge in [-0.3, -0.25) is 4.79 Å². The number of hydrogen-bond acceptors (Lipinski definition) is 1. The van der Waals surface area contributed by atoms with Gasteiger partial charge < -0.3 is 5.32 Å². The molecule has 0 fully saturated rings. The van der Waals surface area contributed by atoms with Gasteiger partial charge in [-0.1, -0.05) is 45.2 Å². The summed E-state index contributed by atoms with van der Waals surface area (Å²) in [4.78, 5) is 11.9. The Kier molecular flexibility index (Phi) is 5.88. The van der Waals surface area contributed by atoms with Gasteiger partial charge in [-0.25, -0.2) is 0 Å². The van der Waals surface area contributed by atoms with Crippen LogP contribution in [0.5, 0.6) is 0 Å². The van der Waals surface area contributed by atoms with E-state index >= 15 is 0 Å². The predicted octanol–water partition coefficient (Wildman–Crippen LogP) is 6.17. The molecule has 2 aromatic carbocycles. The fourth-order valence-corrected chi connectivity index (χ4v) is 3.01. The highest BCUT2D eigenvalue weighted by Gasteiger charge is 2.03. The summed E-state index contributed by atoms with van der Waals surface area (Å²) < 4.78 is 1.73. The Morgan fingerprint density at radius 1 is 1.05 bits per heavy atom. The van der Waals surface area contributed by atoms with E-state index in [1.165, 1.54) is 6.08 Å². The summed E-state index contributed by atoms with van der Waals surface area (Å²) in [5.74, 6) is -0.232. The summed E-state index contributed by atoms with van der Waals surface area (Å²) in [5, 5.41) is 3.72. The van der Waals surface area contributed by atoms with Crippen LogP contribution in [0.1, 0.15) is 5.56 Å². The standard InChI is InChI=1S/C15H9Br2Cl2NO/c16-10-3-5-14(11(17)8-10)20-15(21)6-2-9-1-4-12(18)13(19)7-9/h1-8H,(H,20,21)/b6-2-. The molecule has 1 amide bonds. The molecule has 2 aromatic rings. The molecule has 2 rings (SSSR count). The zero-order valence-electron chi connectivity index (χ0n) is 10.5. The van der Waals surface area contributed by atoms with E-state index in [9.17, 15) is 4.79 Å². The predicted molar refractivity (Wildman–Crippen MR) is 96.0 cm³/mol. The van der Waals surface area contributed by atoms with Gasteiger partial charge in [0.1, 0.15) is 0 Å². The summed E-state index contributed by atoms with van der Waals surface area (Å²) in [6.07, 6.45) is 3.11. The molecule has 0 saturated carbocycles. The lowest BCUT2D eigenvalue weighted by Gasteiger charge is -2.05. The smallest absolute Gasteiger partial charge is 0.248 e. The Morgan fingerprint density at radius 3 is 2.48 bits per heavy atom. The van der Waals surface area contributed by atoms with Crippen LogP contribution in [0.3, 0.4) is 0 Å². The molecule has 0 radical (unpaired) electrons. The monoisotopic (exact) mass is 447 g/mol. The van der Waals surface area contributed by atoms with Crippen molar-refractivity contribution in [3.8, 4) is 0 Å². The van der Waals surface area contributed by atoms with Crippen molar-refractivity contribution < 1.29 is 4.79 Å². The first-order valence-corrected chi connectivity index (χ1v) is 8.19. The fraction of sp³-hybridized carbons (Fsp3) is 0. The van der Waals surface area contributed by atoms with Crippen molar-refractivity contribution in [3.05, 3.63) is 67.0 Å². The van der Waals surface area contributed by atoms with Gasteiger partial charge in [-0.05, 0) is 57.9 Å². The van der Waals surface area contributed by atoms with Crippen molar-refractivity contribution in [2.24, 2.45) is 0 Å². The van der Waals surface area contributed by atoms with Gasteiger partial charge in [0.2, 0.25) is 5.91 Å². The molecule has 21 heavy (non-hydrogen) atoms. The van der Waals surface area contributed by atoms with Gasteiger partial charge in [0.15, 0.2) is 0 Å². The van der Waals surface area contributed by atoms with Crippen LogP contribution >= 0.6 is 55.1 Å². The normalized spacial score (nSPS) is 10.9. The molecule has 1 N–H and O–H groups in total. The van der Waals surface area contributed by atoms with Crippen LogP contribution in [0.15, 0.2) is 51.4 Å². The van der Waals surface area contributed by atoms with Crippen LogP contribution in [-0.4, -0.2) is 5.91 Å². The molecule has 0 aromatic heterocycles. The highest BCUT2D eigenvalue weighted by atomic mass is 79.9. The summed E-state index contributed by atoms with van der Waals surface area (Å²) in [5.41, 5.74) is 1.50. The van der Waals surface area contributed by atoms with Crippen LogP contribution in [0.2, 0.25) is 10.0 Å². The number of benzene rings is 2. The number of halogens is 4. The molecule has 0 heterocycles. The second-order valence-electron chi connectivity index (χ2n) is 4.12. The van der Waals surface area contributed by atoms with Crippen LogP contribution in [0.25, 0.3) is 6.08 Å². The molecule has 0 aliphatic carbocycles. The maximum Gasteiger partial charge on any atom is 0.248 e. The molecule has 0 spiro atoms. The minimum absolute atomic E-state index is 0.232. The van der Waals surface area contributed by atoms with E-state index in [2.05, 4.69) is 37.2 Å². The molecule has 2 nitrogen and oxygen atoms in total. The Labute approximate surface area is 149 Å². The van der Waals surface area contributed by atoms with Crippen molar-refractivity contribution in [1.82, 2.24) is 0 Å². The third-order valence-corrected chi connectivity index (χ3v) is 4.45. The number of carbonyl (C=O) groups is 1. The summed E-state index contributed by atoms with van der Waals surface area (Å²) >= 11 is 18.5. The fourth-order valence-electron chi connectivity index (χ4n) is 1.55. The van der Waals surface area contributed by atoms with Crippen molar-refractivity contribution in [3.63, 3.8) is 0 Å². The van der Waals surface area contributed by atoms with Crippen molar-refractivity contribution >= 4 is 72.7 Å². The number of nitrogens with one attached hydrogen (secondary N) is 1. The first kappa shape index (κ1) is 16.6. The van der Waals surface area contributed by atoms with E-state index in [4.69, 9.17) is 23.2 Å². The van der Waals surface area contributed by atoms with Gasteiger partial charge in [0.05, 0.1) is 15.7 Å². The van der Waals surface area contributed by atoms with Crippen molar-refractivity contribution in [2.75, 3.05) is 5.32 Å². The maximum atomic E-state index is 11.9. The molecule has 0 unspecified atom stereocenters. The van der Waals surface area contributed by atoms with Crippen LogP contribution in [0, 0.1) is 0 Å².